The van der Waals surface area contributed by atoms with E-state index >= 15 is 0 Å². The van der Waals surface area contributed by atoms with Crippen LogP contribution in [0.3, 0.4) is 0 Å². The zero-order chi connectivity index (χ0) is 23.3. The first-order valence-corrected chi connectivity index (χ1v) is 11.5. The average molecular weight is 452 g/mol. The summed E-state index contributed by atoms with van der Waals surface area (Å²) in [6, 6.07) is 18.4. The van der Waals surface area contributed by atoms with Crippen molar-refractivity contribution < 1.29 is 18.0 Å². The maximum atomic E-state index is 12.8. The van der Waals surface area contributed by atoms with Crippen LogP contribution in [0.4, 0.5) is 11.4 Å². The number of rotatable bonds is 7. The first-order chi connectivity index (χ1) is 15.2. The lowest BCUT2D eigenvalue weighted by molar-refractivity contribution is -0.119. The number of amides is 2. The molecule has 3 N–H and O–H groups in total. The zero-order valence-corrected chi connectivity index (χ0v) is 18.9. The molecule has 0 aliphatic rings. The van der Waals surface area contributed by atoms with Crippen LogP contribution in [0.2, 0.25) is 0 Å². The molecule has 32 heavy (non-hydrogen) atoms. The highest BCUT2D eigenvalue weighted by molar-refractivity contribution is 7.92. The van der Waals surface area contributed by atoms with Crippen LogP contribution >= 0.6 is 0 Å². The summed E-state index contributed by atoms with van der Waals surface area (Å²) < 4.78 is 28.2. The molecule has 8 heteroatoms. The summed E-state index contributed by atoms with van der Waals surface area (Å²) in [6.45, 7) is 5.52. The van der Waals surface area contributed by atoms with Crippen LogP contribution in [-0.4, -0.2) is 20.2 Å². The summed E-state index contributed by atoms with van der Waals surface area (Å²) in [4.78, 5) is 23.6. The fraction of sp³-hybridized carbons (Fsp3) is 0.167. The Morgan fingerprint density at radius 2 is 1.44 bits per heavy atom. The largest absolute Gasteiger partial charge is 0.352 e. The molecular formula is C24H25N3O4S. The van der Waals surface area contributed by atoms with Gasteiger partial charge in [-0.15, -0.1) is 0 Å². The van der Waals surface area contributed by atoms with Gasteiger partial charge in [0.1, 0.15) is 0 Å². The number of carbonyl (C=O) groups excluding carboxylic acids is 2. The van der Waals surface area contributed by atoms with E-state index in [4.69, 9.17) is 0 Å². The molecule has 0 atom stereocenters. The van der Waals surface area contributed by atoms with Crippen molar-refractivity contribution in [2.24, 2.45) is 0 Å². The Bertz CT molecular complexity index is 1210. The molecular weight excluding hydrogens is 426 g/mol. The monoisotopic (exact) mass is 451 g/mol. The predicted molar refractivity (Wildman–Crippen MR) is 125 cm³/mol. The normalized spacial score (nSPS) is 11.0. The molecule has 0 unspecified atom stereocenters. The van der Waals surface area contributed by atoms with Crippen molar-refractivity contribution >= 4 is 33.2 Å². The number of benzene rings is 3. The fourth-order valence-corrected chi connectivity index (χ4v) is 4.29. The Morgan fingerprint density at radius 1 is 0.844 bits per heavy atom. The Balaban J connectivity index is 1.67. The van der Waals surface area contributed by atoms with Crippen LogP contribution in [0.25, 0.3) is 0 Å². The first-order valence-electron chi connectivity index (χ1n) is 9.99. The van der Waals surface area contributed by atoms with Crippen LogP contribution in [0.1, 0.15) is 34.0 Å². The minimum atomic E-state index is -3.76. The van der Waals surface area contributed by atoms with Gasteiger partial charge in [0, 0.05) is 24.7 Å². The molecule has 0 aromatic heterocycles. The maximum absolute atomic E-state index is 12.8. The molecule has 3 rings (SSSR count). The molecule has 2 amide bonds. The molecule has 7 nitrogen and oxygen atoms in total. The van der Waals surface area contributed by atoms with Gasteiger partial charge in [-0.1, -0.05) is 30.3 Å². The Kier molecular flexibility index (Phi) is 6.95. The van der Waals surface area contributed by atoms with E-state index in [1.807, 2.05) is 32.0 Å². The lowest BCUT2D eigenvalue weighted by Crippen LogP contribution is -2.19. The van der Waals surface area contributed by atoms with Crippen molar-refractivity contribution in [2.45, 2.75) is 32.2 Å². The second kappa shape index (κ2) is 9.65. The quantitative estimate of drug-likeness (QED) is 0.505. The van der Waals surface area contributed by atoms with Gasteiger partial charge in [-0.05, 0) is 66.9 Å². The maximum Gasteiger partial charge on any atom is 0.261 e. The number of sulfonamides is 1. The van der Waals surface area contributed by atoms with Crippen LogP contribution < -0.4 is 15.4 Å². The van der Waals surface area contributed by atoms with Crippen molar-refractivity contribution in [3.05, 3.63) is 89.0 Å². The molecule has 0 heterocycles. The van der Waals surface area contributed by atoms with Crippen molar-refractivity contribution in [3.63, 3.8) is 0 Å². The number of anilines is 2. The smallest absolute Gasteiger partial charge is 0.261 e. The van der Waals surface area contributed by atoms with E-state index in [0.717, 1.165) is 16.7 Å². The molecule has 0 spiro atoms. The first kappa shape index (κ1) is 23.0. The van der Waals surface area contributed by atoms with E-state index in [0.29, 0.717) is 23.5 Å². The van der Waals surface area contributed by atoms with Gasteiger partial charge in [-0.25, -0.2) is 8.42 Å². The van der Waals surface area contributed by atoms with Gasteiger partial charge in [-0.2, -0.15) is 0 Å². The Morgan fingerprint density at radius 3 is 2.00 bits per heavy atom. The molecule has 0 radical (unpaired) electrons. The SMILES string of the molecule is CC(=O)NCc1ccc(C(=O)Nc2ccc(S(=O)(=O)Nc3c(C)cccc3C)cc2)cc1. The van der Waals surface area contributed by atoms with Gasteiger partial charge < -0.3 is 10.6 Å². The van der Waals surface area contributed by atoms with Gasteiger partial charge in [-0.3, -0.25) is 14.3 Å². The van der Waals surface area contributed by atoms with Crippen LogP contribution in [-0.2, 0) is 21.4 Å². The van der Waals surface area contributed by atoms with Gasteiger partial charge in [0.25, 0.3) is 15.9 Å². The van der Waals surface area contributed by atoms with Gasteiger partial charge >= 0.3 is 0 Å². The third kappa shape index (κ3) is 5.73. The molecule has 0 fully saturated rings. The van der Waals surface area contributed by atoms with Crippen LogP contribution in [0.5, 0.6) is 0 Å². The zero-order valence-electron chi connectivity index (χ0n) is 18.1. The molecule has 0 saturated heterocycles. The topological polar surface area (TPSA) is 104 Å². The van der Waals surface area contributed by atoms with E-state index in [2.05, 4.69) is 15.4 Å². The van der Waals surface area contributed by atoms with E-state index < -0.39 is 10.0 Å². The van der Waals surface area contributed by atoms with Crippen molar-refractivity contribution in [2.75, 3.05) is 10.0 Å². The standard InChI is InChI=1S/C24H25N3O4S/c1-16-5-4-6-17(2)23(16)27-32(30,31)22-13-11-21(12-14-22)26-24(29)20-9-7-19(8-10-20)15-25-18(3)28/h4-14,27H,15H2,1-3H3,(H,25,28)(H,26,29). The molecule has 166 valence electrons. The summed E-state index contributed by atoms with van der Waals surface area (Å²) in [6.07, 6.45) is 0. The van der Waals surface area contributed by atoms with E-state index in [1.165, 1.54) is 19.1 Å². The Labute approximate surface area is 187 Å². The number of hydrogen-bond donors (Lipinski definition) is 3. The van der Waals surface area contributed by atoms with E-state index in [1.54, 1.807) is 36.4 Å². The number of carbonyl (C=O) groups is 2. The summed E-state index contributed by atoms with van der Waals surface area (Å²) >= 11 is 0. The van der Waals surface area contributed by atoms with E-state index in [9.17, 15) is 18.0 Å². The fourth-order valence-electron chi connectivity index (χ4n) is 3.09. The molecule has 3 aromatic carbocycles. The highest BCUT2D eigenvalue weighted by Gasteiger charge is 2.17. The molecule has 0 aliphatic heterocycles. The van der Waals surface area contributed by atoms with Crippen molar-refractivity contribution in [1.29, 1.82) is 0 Å². The van der Waals surface area contributed by atoms with Crippen LogP contribution in [0, 0.1) is 13.8 Å². The third-order valence-electron chi connectivity index (χ3n) is 4.90. The van der Waals surface area contributed by atoms with Crippen molar-refractivity contribution in [3.8, 4) is 0 Å². The second-order valence-electron chi connectivity index (χ2n) is 7.46. The highest BCUT2D eigenvalue weighted by atomic mass is 32.2. The van der Waals surface area contributed by atoms with Gasteiger partial charge in [0.05, 0.1) is 10.6 Å². The van der Waals surface area contributed by atoms with E-state index in [-0.39, 0.29) is 16.7 Å². The third-order valence-corrected chi connectivity index (χ3v) is 6.26. The average Bonchev–Trinajstić information content (AvgIpc) is 2.75. The van der Waals surface area contributed by atoms with Crippen molar-refractivity contribution in [1.82, 2.24) is 5.32 Å². The number of para-hydroxylation sites is 1. The second-order valence-corrected chi connectivity index (χ2v) is 9.14. The lowest BCUT2D eigenvalue weighted by Gasteiger charge is -2.13. The minimum absolute atomic E-state index is 0.0977. The summed E-state index contributed by atoms with van der Waals surface area (Å²) in [5.74, 6) is -0.443. The summed E-state index contributed by atoms with van der Waals surface area (Å²) in [5.41, 5.74) is 4.03. The van der Waals surface area contributed by atoms with Gasteiger partial charge in [0.2, 0.25) is 5.91 Å². The summed E-state index contributed by atoms with van der Waals surface area (Å²) in [5, 5.41) is 5.45. The summed E-state index contributed by atoms with van der Waals surface area (Å²) in [7, 11) is -3.76. The highest BCUT2D eigenvalue weighted by Crippen LogP contribution is 2.24. The molecule has 3 aromatic rings. The predicted octanol–water partition coefficient (Wildman–Crippen LogP) is 3.99. The number of hydrogen-bond acceptors (Lipinski definition) is 4. The minimum Gasteiger partial charge on any atom is -0.352 e. The Hall–Kier alpha value is -3.65. The van der Waals surface area contributed by atoms with Gasteiger partial charge in [0.15, 0.2) is 0 Å². The number of nitrogens with one attached hydrogen (secondary N) is 3. The number of aryl methyl sites for hydroxylation is 2. The van der Waals surface area contributed by atoms with Crippen LogP contribution in [0.15, 0.2) is 71.6 Å². The molecule has 0 bridgehead atoms. The molecule has 0 saturated carbocycles. The molecule has 0 aliphatic carbocycles. The lowest BCUT2D eigenvalue weighted by atomic mass is 10.1.